The van der Waals surface area contributed by atoms with Gasteiger partial charge in [-0.25, -0.2) is 4.98 Å². The van der Waals surface area contributed by atoms with Crippen LogP contribution in [0.3, 0.4) is 0 Å². The molecule has 1 saturated heterocycles. The van der Waals surface area contributed by atoms with Crippen LogP contribution in [0.2, 0.25) is 0 Å². The first-order valence-corrected chi connectivity index (χ1v) is 8.06. The average molecular weight is 326 g/mol. The van der Waals surface area contributed by atoms with E-state index in [1.165, 1.54) is 0 Å². The zero-order valence-corrected chi connectivity index (χ0v) is 14.1. The summed E-state index contributed by atoms with van der Waals surface area (Å²) in [5, 5.41) is 0. The fourth-order valence-electron chi connectivity index (χ4n) is 2.71. The number of morpholine rings is 1. The Morgan fingerprint density at radius 2 is 2.21 bits per heavy atom. The second-order valence-electron chi connectivity index (χ2n) is 6.05. The van der Waals surface area contributed by atoms with Crippen molar-refractivity contribution in [2.24, 2.45) is 0 Å². The van der Waals surface area contributed by atoms with E-state index in [-0.39, 0.29) is 12.0 Å². The molecule has 1 atom stereocenters. The maximum Gasteiger partial charge on any atom is 0.227 e. The van der Waals surface area contributed by atoms with Crippen molar-refractivity contribution in [1.82, 2.24) is 14.9 Å². The van der Waals surface area contributed by atoms with Crippen LogP contribution < -0.4 is 4.90 Å². The molecule has 126 valence electrons. The van der Waals surface area contributed by atoms with Crippen LogP contribution in [0.15, 0.2) is 42.7 Å². The van der Waals surface area contributed by atoms with Crippen molar-refractivity contribution in [2.75, 3.05) is 38.7 Å². The first-order valence-electron chi connectivity index (χ1n) is 8.06. The van der Waals surface area contributed by atoms with Crippen LogP contribution >= 0.6 is 0 Å². The number of ether oxygens (including phenoxy) is 1. The SMILES string of the molecule is CN(C)c1cccc([C@H]2CN(C(=O)Cc3cccnc3)CCO2)n1. The molecule has 24 heavy (non-hydrogen) atoms. The van der Waals surface area contributed by atoms with E-state index in [0.29, 0.717) is 26.1 Å². The normalized spacial score (nSPS) is 17.6. The van der Waals surface area contributed by atoms with Gasteiger partial charge in [0, 0.05) is 33.0 Å². The summed E-state index contributed by atoms with van der Waals surface area (Å²) in [5.74, 6) is 0.981. The molecule has 0 saturated carbocycles. The first kappa shape index (κ1) is 16.4. The minimum absolute atomic E-state index is 0.0973. The Hall–Kier alpha value is -2.47. The van der Waals surface area contributed by atoms with Crippen LogP contribution in [0.1, 0.15) is 17.4 Å². The highest BCUT2D eigenvalue weighted by atomic mass is 16.5. The van der Waals surface area contributed by atoms with E-state index in [9.17, 15) is 4.79 Å². The summed E-state index contributed by atoms with van der Waals surface area (Å²) < 4.78 is 5.84. The number of aromatic nitrogens is 2. The van der Waals surface area contributed by atoms with Crippen molar-refractivity contribution in [3.63, 3.8) is 0 Å². The number of hydrogen-bond acceptors (Lipinski definition) is 5. The number of pyridine rings is 2. The molecule has 0 bridgehead atoms. The lowest BCUT2D eigenvalue weighted by atomic mass is 10.1. The second-order valence-corrected chi connectivity index (χ2v) is 6.05. The number of carbonyl (C=O) groups excluding carboxylic acids is 1. The van der Waals surface area contributed by atoms with Gasteiger partial charge in [0.25, 0.3) is 0 Å². The monoisotopic (exact) mass is 326 g/mol. The van der Waals surface area contributed by atoms with Gasteiger partial charge in [-0.1, -0.05) is 12.1 Å². The number of hydrogen-bond donors (Lipinski definition) is 0. The lowest BCUT2D eigenvalue weighted by Gasteiger charge is -2.33. The number of amides is 1. The van der Waals surface area contributed by atoms with Gasteiger partial charge in [0.1, 0.15) is 11.9 Å². The summed E-state index contributed by atoms with van der Waals surface area (Å²) in [6, 6.07) is 9.65. The second kappa shape index (κ2) is 7.40. The van der Waals surface area contributed by atoms with Crippen molar-refractivity contribution < 1.29 is 9.53 Å². The molecule has 6 nitrogen and oxygen atoms in total. The lowest BCUT2D eigenvalue weighted by molar-refractivity contribution is -0.138. The summed E-state index contributed by atoms with van der Waals surface area (Å²) in [5.41, 5.74) is 1.79. The molecule has 3 heterocycles. The Bertz CT molecular complexity index is 690. The average Bonchev–Trinajstić information content (AvgIpc) is 2.63. The van der Waals surface area contributed by atoms with Crippen LogP contribution in [0.4, 0.5) is 5.82 Å². The van der Waals surface area contributed by atoms with E-state index in [2.05, 4.69) is 9.97 Å². The Morgan fingerprint density at radius 3 is 2.96 bits per heavy atom. The van der Waals surface area contributed by atoms with E-state index >= 15 is 0 Å². The van der Waals surface area contributed by atoms with Crippen LogP contribution in [0, 0.1) is 0 Å². The highest BCUT2D eigenvalue weighted by Gasteiger charge is 2.26. The third-order valence-electron chi connectivity index (χ3n) is 4.04. The lowest BCUT2D eigenvalue weighted by Crippen LogP contribution is -2.43. The number of nitrogens with zero attached hydrogens (tertiary/aromatic N) is 4. The molecule has 0 unspecified atom stereocenters. The maximum absolute atomic E-state index is 12.5. The predicted octanol–water partition coefficient (Wildman–Crippen LogP) is 1.69. The Morgan fingerprint density at radius 1 is 1.33 bits per heavy atom. The fraction of sp³-hybridized carbons (Fsp3) is 0.389. The van der Waals surface area contributed by atoms with Gasteiger partial charge in [-0.2, -0.15) is 0 Å². The first-order chi connectivity index (χ1) is 11.6. The zero-order chi connectivity index (χ0) is 16.9. The third-order valence-corrected chi connectivity index (χ3v) is 4.04. The molecule has 1 aliphatic rings. The van der Waals surface area contributed by atoms with Gasteiger partial charge in [-0.05, 0) is 23.8 Å². The van der Waals surface area contributed by atoms with Crippen molar-refractivity contribution in [3.05, 3.63) is 54.0 Å². The highest BCUT2D eigenvalue weighted by molar-refractivity contribution is 5.78. The number of carbonyl (C=O) groups is 1. The van der Waals surface area contributed by atoms with Crippen molar-refractivity contribution >= 4 is 11.7 Å². The van der Waals surface area contributed by atoms with Crippen LogP contribution in [0.5, 0.6) is 0 Å². The molecule has 1 fully saturated rings. The van der Waals surface area contributed by atoms with Crippen LogP contribution in [0.25, 0.3) is 0 Å². The van der Waals surface area contributed by atoms with Gasteiger partial charge in [-0.3, -0.25) is 9.78 Å². The standard InChI is InChI=1S/C18H22N4O2/c1-21(2)17-7-3-6-15(20-17)16-13-22(9-10-24-16)18(23)11-14-5-4-8-19-12-14/h3-8,12,16H,9-11,13H2,1-2H3/t16-/m1/s1. The quantitative estimate of drug-likeness (QED) is 0.856. The maximum atomic E-state index is 12.5. The summed E-state index contributed by atoms with van der Waals surface area (Å²) in [6.45, 7) is 1.67. The van der Waals surface area contributed by atoms with Gasteiger partial charge < -0.3 is 14.5 Å². The van der Waals surface area contributed by atoms with Crippen molar-refractivity contribution in [3.8, 4) is 0 Å². The highest BCUT2D eigenvalue weighted by Crippen LogP contribution is 2.23. The summed E-state index contributed by atoms with van der Waals surface area (Å²) in [7, 11) is 3.91. The minimum Gasteiger partial charge on any atom is -0.368 e. The van der Waals surface area contributed by atoms with Crippen molar-refractivity contribution in [2.45, 2.75) is 12.5 Å². The number of rotatable bonds is 4. The molecule has 1 amide bonds. The van der Waals surface area contributed by atoms with E-state index in [1.54, 1.807) is 12.4 Å². The molecule has 0 radical (unpaired) electrons. The topological polar surface area (TPSA) is 58.6 Å². The molecule has 0 aromatic carbocycles. The molecular weight excluding hydrogens is 304 g/mol. The smallest absolute Gasteiger partial charge is 0.227 e. The Labute approximate surface area is 142 Å². The molecule has 1 aliphatic heterocycles. The molecule has 0 spiro atoms. The van der Waals surface area contributed by atoms with Gasteiger partial charge in [-0.15, -0.1) is 0 Å². The Balaban J connectivity index is 1.68. The van der Waals surface area contributed by atoms with E-state index in [4.69, 9.17) is 4.74 Å². The summed E-state index contributed by atoms with van der Waals surface area (Å²) in [6.07, 6.45) is 3.63. The molecule has 2 aromatic heterocycles. The molecule has 0 N–H and O–H groups in total. The summed E-state index contributed by atoms with van der Waals surface area (Å²) >= 11 is 0. The summed E-state index contributed by atoms with van der Waals surface area (Å²) in [4.78, 5) is 25.0. The van der Waals surface area contributed by atoms with Gasteiger partial charge in [0.05, 0.1) is 25.3 Å². The third kappa shape index (κ3) is 3.89. The van der Waals surface area contributed by atoms with Gasteiger partial charge in [0.15, 0.2) is 0 Å². The molecule has 6 heteroatoms. The van der Waals surface area contributed by atoms with Crippen LogP contribution in [-0.2, 0) is 16.0 Å². The zero-order valence-electron chi connectivity index (χ0n) is 14.1. The van der Waals surface area contributed by atoms with E-state index < -0.39 is 0 Å². The largest absolute Gasteiger partial charge is 0.368 e. The van der Waals surface area contributed by atoms with E-state index in [0.717, 1.165) is 17.1 Å². The van der Waals surface area contributed by atoms with Crippen molar-refractivity contribution in [1.29, 1.82) is 0 Å². The number of anilines is 1. The van der Waals surface area contributed by atoms with Crippen LogP contribution in [-0.4, -0.2) is 54.6 Å². The minimum atomic E-state index is -0.184. The predicted molar refractivity (Wildman–Crippen MR) is 91.8 cm³/mol. The molecule has 2 aromatic rings. The Kier molecular flexibility index (Phi) is 5.05. The fourth-order valence-corrected chi connectivity index (χ4v) is 2.71. The van der Waals surface area contributed by atoms with Gasteiger partial charge in [0.2, 0.25) is 5.91 Å². The molecular formula is C18H22N4O2. The van der Waals surface area contributed by atoms with Gasteiger partial charge >= 0.3 is 0 Å². The van der Waals surface area contributed by atoms with E-state index in [1.807, 2.05) is 54.2 Å². The molecule has 3 rings (SSSR count). The molecule has 0 aliphatic carbocycles.